The quantitative estimate of drug-likeness (QED) is 0.444. The van der Waals surface area contributed by atoms with E-state index in [4.69, 9.17) is 4.74 Å². The van der Waals surface area contributed by atoms with Crippen LogP contribution in [0, 0.1) is 34.5 Å². The topological polar surface area (TPSA) is 94.3 Å². The smallest absolute Gasteiger partial charge is 0.303 e. The molecule has 2 heterocycles. The van der Waals surface area contributed by atoms with E-state index in [2.05, 4.69) is 30.0 Å². The van der Waals surface area contributed by atoms with Crippen molar-refractivity contribution in [2.45, 2.75) is 71.0 Å². The molecule has 0 radical (unpaired) electrons. The fourth-order valence-corrected chi connectivity index (χ4v) is 9.53. The highest BCUT2D eigenvalue weighted by atomic mass is 32.2. The summed E-state index contributed by atoms with van der Waals surface area (Å²) in [6.07, 6.45) is 11.0. The average molecular weight is 540 g/mol. The van der Waals surface area contributed by atoms with Crippen molar-refractivity contribution in [3.8, 4) is 5.69 Å². The number of esters is 1. The first-order valence-electron chi connectivity index (χ1n) is 13.4. The molecule has 4 aliphatic carbocycles. The van der Waals surface area contributed by atoms with Gasteiger partial charge in [-0.15, -0.1) is 0 Å². The lowest BCUT2D eigenvalue weighted by atomic mass is 9.45. The molecule has 2 aromatic rings. The molecule has 0 aromatic carbocycles. The lowest BCUT2D eigenvalue weighted by Gasteiger charge is -2.60. The van der Waals surface area contributed by atoms with Crippen LogP contribution in [0.3, 0.4) is 0 Å². The van der Waals surface area contributed by atoms with Crippen LogP contribution in [-0.2, 0) is 20.7 Å². The lowest BCUT2D eigenvalue weighted by Crippen LogP contribution is -2.62. The fourth-order valence-electron chi connectivity index (χ4n) is 8.83. The average Bonchev–Trinajstić information content (AvgIpc) is 3.39. The highest BCUT2D eigenvalue weighted by molar-refractivity contribution is 8.13. The van der Waals surface area contributed by atoms with Crippen LogP contribution in [-0.4, -0.2) is 48.9 Å². The van der Waals surface area contributed by atoms with Gasteiger partial charge in [-0.1, -0.05) is 31.2 Å². The summed E-state index contributed by atoms with van der Waals surface area (Å²) >= 11 is 1.12. The fraction of sp³-hybridized carbons (Fsp3) is 0.586. The first kappa shape index (κ1) is 25.7. The number of fused-ring (bicyclic) bond motifs is 6. The number of carbonyl (C=O) groups is 2. The van der Waals surface area contributed by atoms with Crippen LogP contribution < -0.4 is 0 Å². The Balaban J connectivity index is 1.37. The van der Waals surface area contributed by atoms with Gasteiger partial charge in [0.05, 0.1) is 29.9 Å². The molecule has 9 heteroatoms. The van der Waals surface area contributed by atoms with Gasteiger partial charge in [0.15, 0.2) is 5.60 Å². The summed E-state index contributed by atoms with van der Waals surface area (Å²) in [7, 11) is 0. The predicted molar refractivity (Wildman–Crippen MR) is 142 cm³/mol. The number of aromatic nitrogens is 3. The number of halogens is 1. The molecule has 6 rings (SSSR count). The van der Waals surface area contributed by atoms with Gasteiger partial charge in [0.1, 0.15) is 0 Å². The second-order valence-corrected chi connectivity index (χ2v) is 12.8. The zero-order valence-corrected chi connectivity index (χ0v) is 23.1. The van der Waals surface area contributed by atoms with E-state index in [1.54, 1.807) is 12.3 Å². The summed E-state index contributed by atoms with van der Waals surface area (Å²) in [6.45, 7) is 5.70. The Morgan fingerprint density at radius 2 is 2.03 bits per heavy atom. The van der Waals surface area contributed by atoms with E-state index in [1.807, 2.05) is 10.9 Å². The van der Waals surface area contributed by atoms with E-state index in [1.165, 1.54) is 24.8 Å². The maximum absolute atomic E-state index is 13.4. The van der Waals surface area contributed by atoms with Crippen LogP contribution in [0.15, 0.2) is 30.1 Å². The minimum Gasteiger partial charge on any atom is -0.450 e. The molecule has 0 aliphatic heterocycles. The van der Waals surface area contributed by atoms with Crippen LogP contribution in [0.1, 0.15) is 64.1 Å². The minimum atomic E-state index is -1.20. The van der Waals surface area contributed by atoms with Crippen molar-refractivity contribution in [3.05, 3.63) is 47.3 Å². The van der Waals surface area contributed by atoms with Crippen molar-refractivity contribution in [2.75, 3.05) is 6.26 Å². The molecule has 0 bridgehead atoms. The summed E-state index contributed by atoms with van der Waals surface area (Å²) < 4.78 is 21.1. The molecular formula is C29H34FN3O4S. The van der Waals surface area contributed by atoms with Crippen molar-refractivity contribution in [3.63, 3.8) is 0 Å². The number of rotatable bonds is 3. The third kappa shape index (κ3) is 3.43. The Morgan fingerprint density at radius 1 is 1.24 bits per heavy atom. The Labute approximate surface area is 226 Å². The molecule has 3 saturated carbocycles. The normalized spacial score (nSPS) is 37.4. The summed E-state index contributed by atoms with van der Waals surface area (Å²) in [4.78, 5) is 29.3. The molecular weight excluding hydrogens is 505 g/mol. The number of thioether (sulfide) groups is 1. The molecule has 4 aliphatic rings. The van der Waals surface area contributed by atoms with E-state index in [0.29, 0.717) is 18.5 Å². The van der Waals surface area contributed by atoms with E-state index in [-0.39, 0.29) is 28.3 Å². The van der Waals surface area contributed by atoms with Crippen LogP contribution in [0.25, 0.3) is 11.8 Å². The van der Waals surface area contributed by atoms with Crippen molar-refractivity contribution in [1.82, 2.24) is 14.8 Å². The van der Waals surface area contributed by atoms with Gasteiger partial charge in [-0.3, -0.25) is 9.59 Å². The number of pyridine rings is 1. The number of allylic oxidation sites excluding steroid dienone is 1. The third-order valence-corrected chi connectivity index (χ3v) is 11.0. The van der Waals surface area contributed by atoms with Gasteiger partial charge in [0.25, 0.3) is 0 Å². The van der Waals surface area contributed by atoms with Crippen molar-refractivity contribution in [1.29, 1.82) is 0 Å². The molecule has 38 heavy (non-hydrogen) atoms. The zero-order chi connectivity index (χ0) is 27.0. The van der Waals surface area contributed by atoms with Gasteiger partial charge in [0, 0.05) is 12.3 Å². The molecule has 0 amide bonds. The molecule has 7 nitrogen and oxygen atoms in total. The van der Waals surface area contributed by atoms with Gasteiger partial charge in [-0.25, -0.2) is 9.67 Å². The molecule has 202 valence electrons. The molecule has 2 aromatic heterocycles. The maximum Gasteiger partial charge on any atom is 0.303 e. The number of nitrogens with zero attached hydrogens (tertiary/aromatic N) is 3. The second kappa shape index (κ2) is 8.74. The van der Waals surface area contributed by atoms with Gasteiger partial charge in [-0.2, -0.15) is 9.49 Å². The lowest BCUT2D eigenvalue weighted by molar-refractivity contribution is -0.195. The monoisotopic (exact) mass is 539 g/mol. The van der Waals surface area contributed by atoms with Gasteiger partial charge >= 0.3 is 5.97 Å². The number of aliphatic hydroxyl groups excluding tert-OH is 1. The summed E-state index contributed by atoms with van der Waals surface area (Å²) in [5.74, 6) is -0.543. The number of hydrogen-bond donors (Lipinski definition) is 1. The maximum atomic E-state index is 13.4. The van der Waals surface area contributed by atoms with Crippen LogP contribution in [0.4, 0.5) is 4.39 Å². The Morgan fingerprint density at radius 3 is 2.71 bits per heavy atom. The summed E-state index contributed by atoms with van der Waals surface area (Å²) in [5, 5.41) is 16.3. The molecule has 3 fully saturated rings. The van der Waals surface area contributed by atoms with Crippen LogP contribution >= 0.6 is 11.8 Å². The Hall–Kier alpha value is -2.52. The van der Waals surface area contributed by atoms with Gasteiger partial charge in [-0.05, 0) is 91.7 Å². The largest absolute Gasteiger partial charge is 0.450 e. The summed E-state index contributed by atoms with van der Waals surface area (Å²) in [5.41, 5.74) is 2.03. The standard InChI is InChI=1S/C29H34FN3O4S/c1-16(34)37-29(26(36)38-4)10-9-21-20-7-5-18-11-22-17(14-32-33(22)19-6-8-24(30)31-15-19)12-27(18,2)25(20)23(35)13-28(21,29)3/h6,8,11,14-15,20-21,23,25,35H,5,7,9-10,12-13H2,1-4H3/t20-,21-,23-,25+,27-,28-,29-/m0/s1. The highest BCUT2D eigenvalue weighted by Crippen LogP contribution is 2.68. The molecule has 1 N–H and O–H groups in total. The minimum absolute atomic E-state index is 0.0297. The number of carbonyl (C=O) groups excluding carboxylic acids is 2. The highest BCUT2D eigenvalue weighted by Gasteiger charge is 2.70. The van der Waals surface area contributed by atoms with E-state index < -0.39 is 29.0 Å². The van der Waals surface area contributed by atoms with E-state index in [9.17, 15) is 19.1 Å². The molecule has 0 unspecified atom stereocenters. The molecule has 0 spiro atoms. The first-order chi connectivity index (χ1) is 18.0. The Kier molecular flexibility index (Phi) is 5.92. The van der Waals surface area contributed by atoms with Crippen molar-refractivity contribution in [2.24, 2.45) is 28.6 Å². The predicted octanol–water partition coefficient (Wildman–Crippen LogP) is 4.75. The van der Waals surface area contributed by atoms with E-state index >= 15 is 0 Å². The zero-order valence-electron chi connectivity index (χ0n) is 22.2. The third-order valence-electron chi connectivity index (χ3n) is 10.3. The first-order valence-corrected chi connectivity index (χ1v) is 14.6. The SMILES string of the molecule is CSC(=O)[C@@]1(OC(C)=O)CC[C@H]2[C@@H]3CCC4=Cc5c(cnn5-c5ccc(F)nc5)C[C@]4(C)[C@H]3[C@@H](O)C[C@@]21C. The van der Waals surface area contributed by atoms with Gasteiger partial charge < -0.3 is 9.84 Å². The molecule has 0 saturated heterocycles. The second-order valence-electron chi connectivity index (χ2n) is 12.0. The van der Waals surface area contributed by atoms with Crippen molar-refractivity contribution < 1.29 is 23.8 Å². The number of aliphatic hydroxyl groups is 1. The Bertz CT molecular complexity index is 1340. The molecule has 7 atom stereocenters. The van der Waals surface area contributed by atoms with Crippen LogP contribution in [0.5, 0.6) is 0 Å². The number of ether oxygens (including phenoxy) is 1. The number of hydrogen-bond acceptors (Lipinski definition) is 7. The van der Waals surface area contributed by atoms with Crippen molar-refractivity contribution >= 4 is 28.9 Å². The van der Waals surface area contributed by atoms with Crippen LogP contribution in [0.2, 0.25) is 0 Å². The van der Waals surface area contributed by atoms with Gasteiger partial charge in [0.2, 0.25) is 11.1 Å². The summed E-state index contributed by atoms with van der Waals surface area (Å²) in [6, 6.07) is 3.01. The van der Waals surface area contributed by atoms with E-state index in [0.717, 1.165) is 48.7 Å².